The number of halogens is 2. The molecule has 1 aromatic carbocycles. The maximum atomic E-state index is 12.9. The molecule has 2 aromatic rings. The Hall–Kier alpha value is -2.41. The minimum Gasteiger partial charge on any atom is -0.484 e. The highest BCUT2D eigenvalue weighted by atomic mass is 35.5. The minimum atomic E-state index is -0.988. The molecule has 0 aliphatic rings. The van der Waals surface area contributed by atoms with E-state index in [1.807, 2.05) is 0 Å². The number of ether oxygens (including phenoxy) is 1. The number of nitrogens with zero attached hydrogens (tertiary/aromatic N) is 1. The second-order valence-corrected chi connectivity index (χ2v) is 4.85. The molecule has 22 heavy (non-hydrogen) atoms. The van der Waals surface area contributed by atoms with E-state index in [0.29, 0.717) is 0 Å². The number of carboxylic acid groups (broad SMARTS) is 1. The number of aliphatic carboxylic acids is 1. The monoisotopic (exact) mass is 326 g/mol. The van der Waals surface area contributed by atoms with Crippen LogP contribution in [-0.4, -0.2) is 21.0 Å². The summed E-state index contributed by atoms with van der Waals surface area (Å²) in [6, 6.07) is 3.69. The number of nitrogens with one attached hydrogen (secondary N) is 1. The van der Waals surface area contributed by atoms with E-state index in [1.165, 1.54) is 18.3 Å². The zero-order valence-corrected chi connectivity index (χ0v) is 12.1. The Morgan fingerprint density at radius 1 is 1.45 bits per heavy atom. The molecule has 0 aliphatic carbocycles. The van der Waals surface area contributed by atoms with Gasteiger partial charge in [-0.25, -0.2) is 9.37 Å². The summed E-state index contributed by atoms with van der Waals surface area (Å²) < 4.78 is 18.2. The van der Waals surface area contributed by atoms with E-state index in [0.717, 1.165) is 6.07 Å². The lowest BCUT2D eigenvalue weighted by atomic mass is 10.2. The maximum Gasteiger partial charge on any atom is 0.303 e. The smallest absolute Gasteiger partial charge is 0.303 e. The Balaban J connectivity index is 2.03. The third kappa shape index (κ3) is 4.29. The average Bonchev–Trinajstić information content (AvgIpc) is 2.45. The fraction of sp³-hybridized carbons (Fsp3) is 0.214. The van der Waals surface area contributed by atoms with Crippen LogP contribution >= 0.6 is 11.6 Å². The lowest BCUT2D eigenvalue weighted by molar-refractivity contribution is -0.136. The lowest BCUT2D eigenvalue weighted by Crippen LogP contribution is -2.18. The molecule has 0 atom stereocenters. The molecule has 0 fully saturated rings. The largest absolute Gasteiger partial charge is 0.484 e. The molecule has 0 amide bonds. The van der Waals surface area contributed by atoms with Crippen molar-refractivity contribution in [1.82, 2.24) is 9.97 Å². The van der Waals surface area contributed by atoms with Gasteiger partial charge in [-0.1, -0.05) is 11.6 Å². The number of H-pyrrole nitrogens is 1. The molecule has 0 spiro atoms. The number of carbonyl (C=O) groups is 1. The van der Waals surface area contributed by atoms with Gasteiger partial charge in [0.05, 0.1) is 5.02 Å². The number of carboxylic acids is 1. The Kier molecular flexibility index (Phi) is 5.11. The summed E-state index contributed by atoms with van der Waals surface area (Å²) in [7, 11) is 0. The fourth-order valence-corrected chi connectivity index (χ4v) is 1.91. The molecule has 1 aromatic heterocycles. The third-order valence-corrected chi connectivity index (χ3v) is 3.09. The number of hydrogen-bond acceptors (Lipinski definition) is 4. The molecule has 0 unspecified atom stereocenters. The van der Waals surface area contributed by atoms with E-state index < -0.39 is 17.3 Å². The normalized spacial score (nSPS) is 10.5. The molecule has 0 saturated carbocycles. The highest BCUT2D eigenvalue weighted by molar-refractivity contribution is 6.32. The summed E-state index contributed by atoms with van der Waals surface area (Å²) in [5.74, 6) is -0.949. The Bertz CT molecular complexity index is 748. The molecule has 0 radical (unpaired) electrons. The summed E-state index contributed by atoms with van der Waals surface area (Å²) in [5.41, 5.74) is -0.133. The first-order valence-corrected chi connectivity index (χ1v) is 6.70. The van der Waals surface area contributed by atoms with Crippen LogP contribution in [0.5, 0.6) is 5.75 Å². The second-order valence-electron chi connectivity index (χ2n) is 4.44. The number of aryl methyl sites for hydroxylation is 1. The molecule has 0 bridgehead atoms. The van der Waals surface area contributed by atoms with Gasteiger partial charge in [-0.05, 0) is 24.6 Å². The van der Waals surface area contributed by atoms with Crippen LogP contribution in [-0.2, 0) is 17.8 Å². The average molecular weight is 327 g/mol. The number of benzene rings is 1. The lowest BCUT2D eigenvalue weighted by Gasteiger charge is -2.07. The standard InChI is InChI=1S/C14H12ClFN2O4/c15-10-5-9(16)2-3-11(10)22-7-12-17-6-8(14(21)18-12)1-4-13(19)20/h2-3,5-6H,1,4,7H2,(H,19,20)(H,17,18,21). The highest BCUT2D eigenvalue weighted by Crippen LogP contribution is 2.25. The van der Waals surface area contributed by atoms with E-state index >= 15 is 0 Å². The molecule has 8 heteroatoms. The number of aromatic amines is 1. The second kappa shape index (κ2) is 7.04. The van der Waals surface area contributed by atoms with Crippen molar-refractivity contribution in [2.75, 3.05) is 0 Å². The molecule has 0 aliphatic heterocycles. The van der Waals surface area contributed by atoms with Crippen molar-refractivity contribution < 1.29 is 19.0 Å². The van der Waals surface area contributed by atoms with Crippen molar-refractivity contribution in [3.63, 3.8) is 0 Å². The van der Waals surface area contributed by atoms with Crippen molar-refractivity contribution in [1.29, 1.82) is 0 Å². The van der Waals surface area contributed by atoms with Gasteiger partial charge in [-0.15, -0.1) is 0 Å². The predicted octanol–water partition coefficient (Wildman–Crippen LogP) is 2.16. The van der Waals surface area contributed by atoms with Crippen molar-refractivity contribution >= 4 is 17.6 Å². The summed E-state index contributed by atoms with van der Waals surface area (Å²) >= 11 is 5.81. The predicted molar refractivity (Wildman–Crippen MR) is 76.6 cm³/mol. The van der Waals surface area contributed by atoms with Gasteiger partial charge in [0.25, 0.3) is 5.56 Å². The quantitative estimate of drug-likeness (QED) is 0.848. The van der Waals surface area contributed by atoms with Crippen LogP contribution in [0.1, 0.15) is 17.8 Å². The van der Waals surface area contributed by atoms with Crippen molar-refractivity contribution in [3.05, 3.63) is 57.0 Å². The van der Waals surface area contributed by atoms with Gasteiger partial charge in [-0.3, -0.25) is 9.59 Å². The zero-order chi connectivity index (χ0) is 16.1. The van der Waals surface area contributed by atoms with Gasteiger partial charge in [0.2, 0.25) is 0 Å². The zero-order valence-electron chi connectivity index (χ0n) is 11.3. The maximum absolute atomic E-state index is 12.9. The SMILES string of the molecule is O=C(O)CCc1cnc(COc2ccc(F)cc2Cl)[nH]c1=O. The summed E-state index contributed by atoms with van der Waals surface area (Å²) in [4.78, 5) is 28.7. The van der Waals surface area contributed by atoms with Gasteiger partial charge >= 0.3 is 5.97 Å². The molecular weight excluding hydrogens is 315 g/mol. The molecule has 116 valence electrons. The summed E-state index contributed by atoms with van der Waals surface area (Å²) in [5, 5.41) is 8.70. The fourth-order valence-electron chi connectivity index (χ4n) is 1.69. The number of aromatic nitrogens is 2. The van der Waals surface area contributed by atoms with Gasteiger partial charge < -0.3 is 14.8 Å². The minimum absolute atomic E-state index is 0.0558. The van der Waals surface area contributed by atoms with Crippen LogP contribution in [0.2, 0.25) is 5.02 Å². The molecule has 2 rings (SSSR count). The van der Waals surface area contributed by atoms with Crippen LogP contribution in [0, 0.1) is 5.82 Å². The van der Waals surface area contributed by atoms with E-state index in [-0.39, 0.29) is 41.6 Å². The molecule has 6 nitrogen and oxygen atoms in total. The van der Waals surface area contributed by atoms with Crippen LogP contribution in [0.25, 0.3) is 0 Å². The van der Waals surface area contributed by atoms with E-state index in [4.69, 9.17) is 21.4 Å². The van der Waals surface area contributed by atoms with Gasteiger partial charge in [0, 0.05) is 18.2 Å². The van der Waals surface area contributed by atoms with Gasteiger partial charge in [0.15, 0.2) is 0 Å². The summed E-state index contributed by atoms with van der Waals surface area (Å²) in [6.45, 7) is -0.0558. The Morgan fingerprint density at radius 2 is 2.23 bits per heavy atom. The third-order valence-electron chi connectivity index (χ3n) is 2.79. The van der Waals surface area contributed by atoms with E-state index in [9.17, 15) is 14.0 Å². The molecular formula is C14H12ClFN2O4. The Morgan fingerprint density at radius 3 is 2.86 bits per heavy atom. The first-order valence-electron chi connectivity index (χ1n) is 6.32. The van der Waals surface area contributed by atoms with E-state index in [1.54, 1.807) is 0 Å². The van der Waals surface area contributed by atoms with E-state index in [2.05, 4.69) is 9.97 Å². The molecule has 2 N–H and O–H groups in total. The van der Waals surface area contributed by atoms with Crippen LogP contribution in [0.3, 0.4) is 0 Å². The Labute approximate surface area is 129 Å². The molecule has 0 saturated heterocycles. The van der Waals surface area contributed by atoms with Crippen LogP contribution in [0.4, 0.5) is 4.39 Å². The summed E-state index contributed by atoms with van der Waals surface area (Å²) in [6.07, 6.45) is 1.27. The highest BCUT2D eigenvalue weighted by Gasteiger charge is 2.07. The first kappa shape index (κ1) is 16.0. The van der Waals surface area contributed by atoms with Crippen molar-refractivity contribution in [2.45, 2.75) is 19.4 Å². The van der Waals surface area contributed by atoms with Gasteiger partial charge in [0.1, 0.15) is 24.0 Å². The van der Waals surface area contributed by atoms with Crippen molar-refractivity contribution in [2.24, 2.45) is 0 Å². The number of hydrogen-bond donors (Lipinski definition) is 2. The van der Waals surface area contributed by atoms with Crippen LogP contribution < -0.4 is 10.3 Å². The molecule has 1 heterocycles. The first-order chi connectivity index (χ1) is 10.5. The van der Waals surface area contributed by atoms with Gasteiger partial charge in [-0.2, -0.15) is 0 Å². The van der Waals surface area contributed by atoms with Crippen molar-refractivity contribution in [3.8, 4) is 5.75 Å². The van der Waals surface area contributed by atoms with Crippen LogP contribution in [0.15, 0.2) is 29.2 Å². The topological polar surface area (TPSA) is 92.3 Å². The number of rotatable bonds is 6.